The van der Waals surface area contributed by atoms with Gasteiger partial charge in [-0.2, -0.15) is 0 Å². The molecule has 3 unspecified atom stereocenters. The van der Waals surface area contributed by atoms with Crippen molar-refractivity contribution in [3.63, 3.8) is 0 Å². The minimum Gasteiger partial charge on any atom is -0.484 e. The molecule has 4 fully saturated rings. The third-order valence-corrected chi connectivity index (χ3v) is 7.23. The van der Waals surface area contributed by atoms with Crippen LogP contribution < -0.4 is 20.7 Å². The Morgan fingerprint density at radius 2 is 2.00 bits per heavy atom. The zero-order valence-electron chi connectivity index (χ0n) is 17.4. The van der Waals surface area contributed by atoms with Gasteiger partial charge in [0.2, 0.25) is 5.91 Å². The minimum absolute atomic E-state index is 0.00742. The number of halogens is 2. The van der Waals surface area contributed by atoms with Crippen LogP contribution in [0.1, 0.15) is 46.0 Å². The Labute approximate surface area is 181 Å². The first kappa shape index (κ1) is 21.4. The summed E-state index contributed by atoms with van der Waals surface area (Å²) in [6.45, 7) is 4.87. The zero-order chi connectivity index (χ0) is 21.5. The van der Waals surface area contributed by atoms with Gasteiger partial charge in [-0.15, -0.1) is 0 Å². The molecule has 1 aromatic carbocycles. The first-order valence-electron chi connectivity index (χ1n) is 10.6. The van der Waals surface area contributed by atoms with Crippen LogP contribution in [0.25, 0.3) is 0 Å². The fraction of sp³-hybridized carbons (Fsp3) is 0.636. The molecule has 1 aromatic rings. The molecule has 1 heterocycles. The monoisotopic (exact) mass is 437 g/mol. The first-order chi connectivity index (χ1) is 14.2. The van der Waals surface area contributed by atoms with Crippen LogP contribution in [0.2, 0.25) is 5.02 Å². The maximum Gasteiger partial charge on any atom is 0.258 e. The predicted molar refractivity (Wildman–Crippen MR) is 112 cm³/mol. The van der Waals surface area contributed by atoms with Crippen molar-refractivity contribution in [1.82, 2.24) is 16.0 Å². The van der Waals surface area contributed by atoms with Crippen LogP contribution >= 0.6 is 11.6 Å². The molecule has 0 spiro atoms. The number of piperidine rings is 1. The van der Waals surface area contributed by atoms with E-state index in [9.17, 15) is 14.0 Å². The molecular formula is C22H29ClFN3O3. The molecule has 0 radical (unpaired) electrons. The molecule has 2 amide bonds. The van der Waals surface area contributed by atoms with E-state index in [2.05, 4.69) is 29.8 Å². The Kier molecular flexibility index (Phi) is 5.70. The highest BCUT2D eigenvalue weighted by Gasteiger charge is 2.72. The quantitative estimate of drug-likeness (QED) is 0.612. The van der Waals surface area contributed by atoms with E-state index < -0.39 is 5.82 Å². The number of amides is 2. The lowest BCUT2D eigenvalue weighted by Crippen LogP contribution is -2.78. The molecule has 3 aliphatic carbocycles. The van der Waals surface area contributed by atoms with Gasteiger partial charge in [-0.05, 0) is 64.0 Å². The predicted octanol–water partition coefficient (Wildman–Crippen LogP) is 2.79. The number of nitrogens with one attached hydrogen (secondary N) is 3. The van der Waals surface area contributed by atoms with E-state index >= 15 is 0 Å². The van der Waals surface area contributed by atoms with Crippen LogP contribution in [0.4, 0.5) is 4.39 Å². The maximum atomic E-state index is 13.4. The maximum absolute atomic E-state index is 13.4. The summed E-state index contributed by atoms with van der Waals surface area (Å²) in [5.41, 5.74) is -0.621. The van der Waals surface area contributed by atoms with Crippen molar-refractivity contribution in [2.75, 3.05) is 13.2 Å². The lowest BCUT2D eigenvalue weighted by molar-refractivity contribution is -0.184. The summed E-state index contributed by atoms with van der Waals surface area (Å²) in [6, 6.07) is 5.00. The summed E-state index contributed by atoms with van der Waals surface area (Å²) < 4.78 is 18.8. The lowest BCUT2D eigenvalue weighted by atomic mass is 9.39. The van der Waals surface area contributed by atoms with Crippen LogP contribution in [0.5, 0.6) is 5.75 Å². The second kappa shape index (κ2) is 8.00. The van der Waals surface area contributed by atoms with Gasteiger partial charge in [0.25, 0.3) is 5.91 Å². The van der Waals surface area contributed by atoms with Gasteiger partial charge >= 0.3 is 0 Å². The van der Waals surface area contributed by atoms with Gasteiger partial charge in [0.05, 0.1) is 10.4 Å². The van der Waals surface area contributed by atoms with Crippen LogP contribution in [0.15, 0.2) is 18.2 Å². The average Bonchev–Trinajstić information content (AvgIpc) is 2.63. The Balaban J connectivity index is 1.18. The number of carbonyl (C=O) groups excluding carboxylic acids is 2. The standard InChI is InChI=1S/C22H29ClFN3O3/c1-13-3-4-15(14(2)26-13)8-25-20(29)21-10-22(11-21,12-21)27-19(28)9-30-16-5-6-17(23)18(24)7-16/h5-7,13-15,26H,3-4,8-12H2,1-2H3,(H,25,29)(H,27,28). The van der Waals surface area contributed by atoms with Gasteiger partial charge in [0, 0.05) is 30.2 Å². The summed E-state index contributed by atoms with van der Waals surface area (Å²) in [7, 11) is 0. The van der Waals surface area contributed by atoms with Crippen LogP contribution in [0, 0.1) is 17.2 Å². The van der Waals surface area contributed by atoms with Crippen molar-refractivity contribution in [3.05, 3.63) is 29.0 Å². The van der Waals surface area contributed by atoms with Gasteiger partial charge in [0.15, 0.2) is 6.61 Å². The molecule has 2 bridgehead atoms. The largest absolute Gasteiger partial charge is 0.484 e. The minimum atomic E-state index is -0.588. The third kappa shape index (κ3) is 4.14. The second-order valence-corrected chi connectivity index (χ2v) is 9.81. The SMILES string of the molecule is CC1CCC(CNC(=O)C23CC(NC(=O)COc4ccc(Cl)c(F)c4)(C2)C3)C(C)N1. The summed E-state index contributed by atoms with van der Waals surface area (Å²) in [5.74, 6) is -0.0372. The molecule has 1 aliphatic heterocycles. The molecule has 164 valence electrons. The number of benzene rings is 1. The molecule has 5 rings (SSSR count). The molecule has 6 nitrogen and oxygen atoms in total. The van der Waals surface area contributed by atoms with Crippen molar-refractivity contribution in [2.24, 2.45) is 11.3 Å². The number of hydrogen-bond donors (Lipinski definition) is 3. The molecule has 8 heteroatoms. The zero-order valence-corrected chi connectivity index (χ0v) is 18.2. The fourth-order valence-corrected chi connectivity index (χ4v) is 5.40. The van der Waals surface area contributed by atoms with Crippen molar-refractivity contribution in [3.8, 4) is 5.75 Å². The third-order valence-electron chi connectivity index (χ3n) is 6.93. The Bertz CT molecular complexity index is 829. The van der Waals surface area contributed by atoms with Crippen LogP contribution in [-0.2, 0) is 9.59 Å². The molecule has 0 aromatic heterocycles. The smallest absolute Gasteiger partial charge is 0.258 e. The van der Waals surface area contributed by atoms with E-state index in [1.807, 2.05) is 0 Å². The first-order valence-corrected chi connectivity index (χ1v) is 11.0. The molecule has 3 saturated carbocycles. The molecule has 3 atom stereocenters. The number of rotatable bonds is 7. The molecule has 30 heavy (non-hydrogen) atoms. The van der Waals surface area contributed by atoms with Crippen molar-refractivity contribution < 1.29 is 18.7 Å². The van der Waals surface area contributed by atoms with Crippen molar-refractivity contribution >= 4 is 23.4 Å². The second-order valence-electron chi connectivity index (χ2n) is 9.41. The summed E-state index contributed by atoms with van der Waals surface area (Å²) in [6.07, 6.45) is 4.27. The van der Waals surface area contributed by atoms with E-state index in [4.69, 9.17) is 16.3 Å². The highest BCUT2D eigenvalue weighted by atomic mass is 35.5. The van der Waals surface area contributed by atoms with E-state index in [1.165, 1.54) is 12.1 Å². The van der Waals surface area contributed by atoms with Crippen LogP contribution in [-0.4, -0.2) is 42.6 Å². The molecule has 3 N–H and O–H groups in total. The van der Waals surface area contributed by atoms with E-state index in [0.29, 0.717) is 43.8 Å². The average molecular weight is 438 g/mol. The van der Waals surface area contributed by atoms with E-state index in [-0.39, 0.29) is 40.1 Å². The van der Waals surface area contributed by atoms with Gasteiger partial charge in [-0.3, -0.25) is 9.59 Å². The lowest BCUT2D eigenvalue weighted by Gasteiger charge is -2.69. The van der Waals surface area contributed by atoms with Gasteiger partial charge in [0.1, 0.15) is 11.6 Å². The van der Waals surface area contributed by atoms with Gasteiger partial charge in [-0.1, -0.05) is 11.6 Å². The molecule has 4 aliphatic rings. The summed E-state index contributed by atoms with van der Waals surface area (Å²) in [4.78, 5) is 24.9. The van der Waals surface area contributed by atoms with Crippen molar-refractivity contribution in [2.45, 2.75) is 63.6 Å². The van der Waals surface area contributed by atoms with Gasteiger partial charge in [-0.25, -0.2) is 4.39 Å². The van der Waals surface area contributed by atoms with Crippen LogP contribution in [0.3, 0.4) is 0 Å². The number of carbonyl (C=O) groups is 2. The Hall–Kier alpha value is -1.86. The molecular weight excluding hydrogens is 409 g/mol. The van der Waals surface area contributed by atoms with E-state index in [1.54, 1.807) is 0 Å². The topological polar surface area (TPSA) is 79.5 Å². The highest BCUT2D eigenvalue weighted by molar-refractivity contribution is 6.30. The van der Waals surface area contributed by atoms with E-state index in [0.717, 1.165) is 18.9 Å². The molecule has 1 saturated heterocycles. The Morgan fingerprint density at radius 3 is 2.67 bits per heavy atom. The summed E-state index contributed by atoms with van der Waals surface area (Å²) in [5, 5.41) is 9.68. The summed E-state index contributed by atoms with van der Waals surface area (Å²) >= 11 is 5.63. The van der Waals surface area contributed by atoms with Crippen molar-refractivity contribution in [1.29, 1.82) is 0 Å². The number of ether oxygens (including phenoxy) is 1. The normalized spacial score (nSPS) is 34.3. The van der Waals surface area contributed by atoms with Gasteiger partial charge < -0.3 is 20.7 Å². The Morgan fingerprint density at radius 1 is 1.27 bits per heavy atom. The number of hydrogen-bond acceptors (Lipinski definition) is 4. The highest BCUT2D eigenvalue weighted by Crippen LogP contribution is 2.67. The fourth-order valence-electron chi connectivity index (χ4n) is 5.28.